The van der Waals surface area contributed by atoms with Crippen LogP contribution in [0.5, 0.6) is 5.75 Å². The number of piperidine rings is 1. The number of benzene rings is 4. The highest BCUT2D eigenvalue weighted by atomic mass is 32.1. The molecule has 7 aromatic rings. The molecule has 394 valence electrons. The summed E-state index contributed by atoms with van der Waals surface area (Å²) in [6.07, 6.45) is 1.62. The van der Waals surface area contributed by atoms with E-state index in [0.29, 0.717) is 102 Å². The van der Waals surface area contributed by atoms with E-state index >= 15 is 0 Å². The van der Waals surface area contributed by atoms with Crippen LogP contribution in [-0.4, -0.2) is 104 Å². The van der Waals surface area contributed by atoms with Gasteiger partial charge >= 0.3 is 12.1 Å². The number of aromatic nitrogens is 4. The predicted molar refractivity (Wildman–Crippen MR) is 285 cm³/mol. The first-order chi connectivity index (χ1) is 36.6. The Morgan fingerprint density at radius 2 is 1.70 bits per heavy atom. The number of ether oxygens (including phenoxy) is 1. The Morgan fingerprint density at radius 1 is 0.882 bits per heavy atom. The van der Waals surface area contributed by atoms with Gasteiger partial charge in [-0.1, -0.05) is 47.7 Å². The summed E-state index contributed by atoms with van der Waals surface area (Å²) in [5.41, 5.74) is 7.09. The highest BCUT2D eigenvalue weighted by Crippen LogP contribution is 2.39. The fourth-order valence-corrected chi connectivity index (χ4v) is 12.6. The van der Waals surface area contributed by atoms with Crippen molar-refractivity contribution in [3.63, 3.8) is 0 Å². The van der Waals surface area contributed by atoms with Crippen LogP contribution in [0.2, 0.25) is 0 Å². The van der Waals surface area contributed by atoms with Gasteiger partial charge in [-0.05, 0) is 148 Å². The maximum Gasteiger partial charge on any atom is 0.405 e. The van der Waals surface area contributed by atoms with E-state index < -0.39 is 24.1 Å². The summed E-state index contributed by atoms with van der Waals surface area (Å²) >= 11 is 1.41. The van der Waals surface area contributed by atoms with Crippen molar-refractivity contribution in [1.29, 1.82) is 0 Å². The molecule has 0 spiro atoms. The van der Waals surface area contributed by atoms with Crippen LogP contribution in [0.3, 0.4) is 0 Å². The molecular formula is C57H58F3N9O6S. The van der Waals surface area contributed by atoms with Crippen LogP contribution in [0.4, 0.5) is 29.8 Å². The Balaban J connectivity index is 0.688. The number of piperazine rings is 1. The molecule has 2 saturated heterocycles. The minimum Gasteiger partial charge on any atom is -0.490 e. The fraction of sp³-hybridized carbons (Fsp3) is 0.386. The van der Waals surface area contributed by atoms with Crippen LogP contribution in [0.1, 0.15) is 101 Å². The number of amides is 3. The van der Waals surface area contributed by atoms with E-state index in [4.69, 9.17) is 9.72 Å². The number of nitrogens with zero attached hydrogens (tertiary/aromatic N) is 7. The Bertz CT molecular complexity index is 3360. The SMILES string of the molecule is Cc1c(O[C@H]2CC[C@H](CCCN3CCN(c4ccc5c(C6CCC(=O)NC6=O)nn(C)c5c4)C[C@@H]3C(F)(F)F)CC2)cccc1-c1ccc(N2CCc3cccc(C(=O)Nc4nc5ccccc5s4)c3C2)nc1C(=O)O. The number of halogens is 3. The van der Waals surface area contributed by atoms with Gasteiger partial charge in [0.1, 0.15) is 17.6 Å². The summed E-state index contributed by atoms with van der Waals surface area (Å²) in [6.45, 7) is 3.75. The van der Waals surface area contributed by atoms with Crippen molar-refractivity contribution in [2.24, 2.45) is 13.0 Å². The van der Waals surface area contributed by atoms with E-state index in [9.17, 15) is 37.5 Å². The summed E-state index contributed by atoms with van der Waals surface area (Å²) in [5.74, 6) is -1.15. The average Bonchev–Trinajstić information content (AvgIpc) is 3.99. The van der Waals surface area contributed by atoms with Crippen LogP contribution < -0.4 is 25.2 Å². The van der Waals surface area contributed by atoms with Crippen molar-refractivity contribution >= 4 is 72.8 Å². The van der Waals surface area contributed by atoms with Gasteiger partial charge in [-0.15, -0.1) is 0 Å². The largest absolute Gasteiger partial charge is 0.490 e. The summed E-state index contributed by atoms with van der Waals surface area (Å²) in [5, 5.41) is 21.8. The Morgan fingerprint density at radius 3 is 2.49 bits per heavy atom. The van der Waals surface area contributed by atoms with Gasteiger partial charge in [0.05, 0.1) is 33.4 Å². The normalized spacial score (nSPS) is 20.4. The van der Waals surface area contributed by atoms with Crippen molar-refractivity contribution in [1.82, 2.24) is 30.0 Å². The summed E-state index contributed by atoms with van der Waals surface area (Å²) < 4.78 is 53.4. The maximum absolute atomic E-state index is 14.7. The number of carbonyl (C=O) groups excluding carboxylic acids is 3. The first-order valence-corrected chi connectivity index (χ1v) is 26.9. The molecule has 1 unspecified atom stereocenters. The average molecular weight is 1050 g/mol. The lowest BCUT2D eigenvalue weighted by molar-refractivity contribution is -0.184. The Kier molecular flexibility index (Phi) is 14.0. The fourth-order valence-electron chi connectivity index (χ4n) is 11.7. The van der Waals surface area contributed by atoms with Crippen LogP contribution in [0.15, 0.2) is 91.0 Å². The molecule has 1 saturated carbocycles. The zero-order valence-corrected chi connectivity index (χ0v) is 43.1. The second-order valence-corrected chi connectivity index (χ2v) is 21.5. The number of thiazole rings is 1. The molecule has 2 atom stereocenters. The van der Waals surface area contributed by atoms with E-state index in [1.807, 2.05) is 84.6 Å². The molecule has 11 rings (SSSR count). The van der Waals surface area contributed by atoms with Crippen molar-refractivity contribution in [2.45, 2.75) is 95.5 Å². The number of para-hydroxylation sites is 1. The minimum atomic E-state index is -4.42. The van der Waals surface area contributed by atoms with Gasteiger partial charge in [-0.2, -0.15) is 18.3 Å². The standard InChI is InChI=1S/C57H58F3N9O6S/c1-33-38(39-21-23-49(62-52(39)55(73)74)69-27-25-35-9-5-11-40(43(35)31-69)53(71)64-56-61-44-12-3-4-14-47(44)76-56)10-6-13-46(33)75-37-18-15-34(16-19-37)8-7-26-67-28-29-68(32-48(67)57(58,59)60)36-17-20-41-45(30-36)66(2)65-51(41)42-22-24-50(70)63-54(42)72/h3-6,9-14,17,20-21,23,30,34,37,42,48H,7-8,15-16,18-19,22,24-29,31-32H2,1-2H3,(H,73,74)(H,61,64,71)(H,63,70,72)/t34-,37-,42?,48-/m1/s1. The molecular weight excluding hydrogens is 996 g/mol. The number of aryl methyl sites for hydroxylation is 1. The lowest BCUT2D eigenvalue weighted by Crippen LogP contribution is -2.59. The molecule has 3 fully saturated rings. The van der Waals surface area contributed by atoms with Crippen LogP contribution in [0.25, 0.3) is 32.2 Å². The zero-order chi connectivity index (χ0) is 52.8. The number of imide groups is 1. The molecule has 3 amide bonds. The van der Waals surface area contributed by atoms with Crippen molar-refractivity contribution in [3.8, 4) is 16.9 Å². The lowest BCUT2D eigenvalue weighted by atomic mass is 9.84. The number of aromatic carboxylic acids is 1. The van der Waals surface area contributed by atoms with E-state index in [1.165, 1.54) is 11.3 Å². The molecule has 3 N–H and O–H groups in total. The molecule has 4 aliphatic rings. The second kappa shape index (κ2) is 21.0. The molecule has 4 aromatic carbocycles. The van der Waals surface area contributed by atoms with Gasteiger partial charge in [-0.25, -0.2) is 14.8 Å². The van der Waals surface area contributed by atoms with Gasteiger partial charge in [0.2, 0.25) is 11.8 Å². The molecule has 3 aliphatic heterocycles. The minimum absolute atomic E-state index is 0.0583. The van der Waals surface area contributed by atoms with E-state index in [2.05, 4.69) is 20.7 Å². The lowest BCUT2D eigenvalue weighted by Gasteiger charge is -2.43. The van der Waals surface area contributed by atoms with Crippen molar-refractivity contribution in [3.05, 3.63) is 125 Å². The molecule has 3 aromatic heterocycles. The maximum atomic E-state index is 14.7. The van der Waals surface area contributed by atoms with E-state index in [-0.39, 0.29) is 49.0 Å². The number of carboxylic acid groups (broad SMARTS) is 1. The first-order valence-electron chi connectivity index (χ1n) is 26.0. The number of hydrogen-bond donors (Lipinski definition) is 3. The van der Waals surface area contributed by atoms with Gasteiger partial charge in [0, 0.05) is 68.4 Å². The zero-order valence-electron chi connectivity index (χ0n) is 42.2. The predicted octanol–water partition coefficient (Wildman–Crippen LogP) is 10.1. The molecule has 1 aliphatic carbocycles. The highest BCUT2D eigenvalue weighted by molar-refractivity contribution is 7.22. The summed E-state index contributed by atoms with van der Waals surface area (Å²) in [7, 11) is 1.75. The first kappa shape index (κ1) is 50.8. The third kappa shape index (κ3) is 10.3. The summed E-state index contributed by atoms with van der Waals surface area (Å²) in [4.78, 5) is 65.6. The van der Waals surface area contributed by atoms with Gasteiger partial charge in [0.15, 0.2) is 10.8 Å². The Hall–Kier alpha value is -7.38. The molecule has 19 heteroatoms. The van der Waals surface area contributed by atoms with E-state index in [0.717, 1.165) is 64.4 Å². The van der Waals surface area contributed by atoms with Gasteiger partial charge in [-0.3, -0.25) is 34.6 Å². The molecule has 0 bridgehead atoms. The number of alkyl halides is 3. The third-order valence-corrected chi connectivity index (χ3v) is 16.8. The molecule has 76 heavy (non-hydrogen) atoms. The van der Waals surface area contributed by atoms with Gasteiger partial charge < -0.3 is 19.6 Å². The van der Waals surface area contributed by atoms with Crippen LogP contribution in [-0.2, 0) is 29.6 Å². The third-order valence-electron chi connectivity index (χ3n) is 15.8. The molecule has 0 radical (unpaired) electrons. The number of hydrogen-bond acceptors (Lipinski definition) is 12. The Labute approximate surface area is 441 Å². The van der Waals surface area contributed by atoms with E-state index in [1.54, 1.807) is 39.7 Å². The highest BCUT2D eigenvalue weighted by Gasteiger charge is 2.46. The molecule has 6 heterocycles. The number of pyridine rings is 1. The van der Waals surface area contributed by atoms with Gasteiger partial charge in [0.25, 0.3) is 5.91 Å². The van der Waals surface area contributed by atoms with Crippen molar-refractivity contribution in [2.75, 3.05) is 47.8 Å². The number of rotatable bonds is 13. The second-order valence-electron chi connectivity index (χ2n) is 20.5. The molecule has 15 nitrogen and oxygen atoms in total. The van der Waals surface area contributed by atoms with Crippen LogP contribution >= 0.6 is 11.3 Å². The summed E-state index contributed by atoms with van der Waals surface area (Å²) in [6, 6.07) is 26.5. The number of carbonyl (C=O) groups is 4. The van der Waals surface area contributed by atoms with Crippen molar-refractivity contribution < 1.29 is 42.2 Å². The number of nitrogens with one attached hydrogen (secondary N) is 2. The quantitative estimate of drug-likeness (QED) is 0.0934. The number of anilines is 3. The monoisotopic (exact) mass is 1050 g/mol. The number of carboxylic acids is 1. The number of fused-ring (bicyclic) bond motifs is 3. The smallest absolute Gasteiger partial charge is 0.405 e. The van der Waals surface area contributed by atoms with Crippen LogP contribution in [0, 0.1) is 12.8 Å². The topological polar surface area (TPSA) is 175 Å².